The number of hydrogen-bond donors (Lipinski definition) is 1. The van der Waals surface area contributed by atoms with Gasteiger partial charge in [0.1, 0.15) is 0 Å². The number of amides is 1. The van der Waals surface area contributed by atoms with Crippen molar-refractivity contribution >= 4 is 5.91 Å². The summed E-state index contributed by atoms with van der Waals surface area (Å²) >= 11 is 0. The van der Waals surface area contributed by atoms with Gasteiger partial charge in [0.15, 0.2) is 0 Å². The van der Waals surface area contributed by atoms with E-state index in [9.17, 15) is 4.79 Å². The fraction of sp³-hybridized carbons (Fsp3) is 0.188. The largest absolute Gasteiger partial charge is 0.352 e. The van der Waals surface area contributed by atoms with Crippen LogP contribution in [0, 0.1) is 6.92 Å². The first-order chi connectivity index (χ1) is 8.65. The molecule has 2 aromatic rings. The Morgan fingerprint density at radius 2 is 1.44 bits per heavy atom. The molecule has 2 aromatic carbocycles. The molecule has 0 spiro atoms. The molecular weight excluding hydrogens is 222 g/mol. The van der Waals surface area contributed by atoms with Crippen molar-refractivity contribution in [3.63, 3.8) is 0 Å². The number of benzene rings is 2. The molecule has 1 N–H and O–H groups in total. The third-order valence-corrected chi connectivity index (χ3v) is 2.88. The van der Waals surface area contributed by atoms with E-state index in [-0.39, 0.29) is 5.91 Å². The Balaban J connectivity index is 2.12. The molecule has 0 fully saturated rings. The Bertz CT molecular complexity index is 526. The molecule has 0 aliphatic rings. The fourth-order valence-electron chi connectivity index (χ4n) is 1.79. The average Bonchev–Trinajstić information content (AvgIpc) is 2.38. The van der Waals surface area contributed by atoms with Gasteiger partial charge in [0.2, 0.25) is 5.91 Å². The van der Waals surface area contributed by atoms with Crippen LogP contribution in [0.15, 0.2) is 48.5 Å². The summed E-state index contributed by atoms with van der Waals surface area (Å²) in [5.74, 6) is -0.00221. The summed E-state index contributed by atoms with van der Waals surface area (Å²) < 4.78 is 0. The van der Waals surface area contributed by atoms with Gasteiger partial charge in [-0.1, -0.05) is 54.1 Å². The van der Waals surface area contributed by atoms with Crippen LogP contribution < -0.4 is 5.32 Å². The third-order valence-electron chi connectivity index (χ3n) is 2.88. The minimum absolute atomic E-state index is 0.00221. The number of aryl methyl sites for hydroxylation is 1. The van der Waals surface area contributed by atoms with Gasteiger partial charge in [0.25, 0.3) is 0 Å². The Kier molecular flexibility index (Phi) is 3.78. The minimum atomic E-state index is -0.00221. The summed E-state index contributed by atoms with van der Waals surface area (Å²) in [5, 5.41) is 2.79. The van der Waals surface area contributed by atoms with Gasteiger partial charge < -0.3 is 5.32 Å². The lowest BCUT2D eigenvalue weighted by Crippen LogP contribution is -2.18. The monoisotopic (exact) mass is 239 g/mol. The van der Waals surface area contributed by atoms with E-state index in [2.05, 4.69) is 48.6 Å². The predicted molar refractivity (Wildman–Crippen MR) is 74.1 cm³/mol. The normalized spacial score (nSPS) is 10.1. The molecule has 18 heavy (non-hydrogen) atoms. The smallest absolute Gasteiger partial charge is 0.217 e. The second-order valence-electron chi connectivity index (χ2n) is 4.47. The van der Waals surface area contributed by atoms with Crippen LogP contribution >= 0.6 is 0 Å². The second-order valence-corrected chi connectivity index (χ2v) is 4.47. The van der Waals surface area contributed by atoms with E-state index < -0.39 is 0 Å². The van der Waals surface area contributed by atoms with E-state index in [0.717, 1.165) is 5.56 Å². The molecule has 2 heteroatoms. The van der Waals surface area contributed by atoms with Crippen molar-refractivity contribution in [3.8, 4) is 11.1 Å². The highest BCUT2D eigenvalue weighted by Gasteiger charge is 1.98. The molecule has 0 aliphatic carbocycles. The van der Waals surface area contributed by atoms with Crippen molar-refractivity contribution in [1.82, 2.24) is 5.32 Å². The van der Waals surface area contributed by atoms with E-state index in [0.29, 0.717) is 6.54 Å². The van der Waals surface area contributed by atoms with E-state index >= 15 is 0 Å². The molecule has 2 nitrogen and oxygen atoms in total. The van der Waals surface area contributed by atoms with Crippen LogP contribution in [0.1, 0.15) is 18.1 Å². The molecule has 0 bridgehead atoms. The van der Waals surface area contributed by atoms with Crippen LogP contribution in [0.3, 0.4) is 0 Å². The highest BCUT2D eigenvalue weighted by Crippen LogP contribution is 2.20. The Labute approximate surface area is 108 Å². The van der Waals surface area contributed by atoms with Gasteiger partial charge >= 0.3 is 0 Å². The number of nitrogens with one attached hydrogen (secondary N) is 1. The molecule has 1 amide bonds. The quantitative estimate of drug-likeness (QED) is 0.874. The summed E-state index contributed by atoms with van der Waals surface area (Å²) in [4.78, 5) is 10.8. The SMILES string of the molecule is CC(=O)NCc1ccc(-c2ccc(C)cc2)cc1. The lowest BCUT2D eigenvalue weighted by atomic mass is 10.0. The van der Waals surface area contributed by atoms with Crippen molar-refractivity contribution in [3.05, 3.63) is 59.7 Å². The van der Waals surface area contributed by atoms with Gasteiger partial charge in [-0.2, -0.15) is 0 Å². The first-order valence-electron chi connectivity index (χ1n) is 6.05. The highest BCUT2D eigenvalue weighted by atomic mass is 16.1. The second kappa shape index (κ2) is 5.50. The van der Waals surface area contributed by atoms with Crippen molar-refractivity contribution < 1.29 is 4.79 Å². The molecule has 0 atom stereocenters. The van der Waals surface area contributed by atoms with Crippen molar-refractivity contribution in [2.45, 2.75) is 20.4 Å². The zero-order valence-corrected chi connectivity index (χ0v) is 10.7. The highest BCUT2D eigenvalue weighted by molar-refractivity contribution is 5.72. The minimum Gasteiger partial charge on any atom is -0.352 e. The van der Waals surface area contributed by atoms with Gasteiger partial charge in [0.05, 0.1) is 0 Å². The lowest BCUT2D eigenvalue weighted by Gasteiger charge is -2.05. The molecule has 0 aromatic heterocycles. The molecule has 92 valence electrons. The topological polar surface area (TPSA) is 29.1 Å². The molecule has 0 radical (unpaired) electrons. The molecular formula is C16H17NO. The van der Waals surface area contributed by atoms with Gasteiger partial charge in [0, 0.05) is 13.5 Å². The van der Waals surface area contributed by atoms with Crippen molar-refractivity contribution in [2.75, 3.05) is 0 Å². The third kappa shape index (κ3) is 3.20. The van der Waals surface area contributed by atoms with Gasteiger partial charge in [-0.25, -0.2) is 0 Å². The average molecular weight is 239 g/mol. The zero-order chi connectivity index (χ0) is 13.0. The Morgan fingerprint density at radius 3 is 1.94 bits per heavy atom. The van der Waals surface area contributed by atoms with Crippen LogP contribution in [-0.2, 0) is 11.3 Å². The predicted octanol–water partition coefficient (Wildman–Crippen LogP) is 3.30. The number of hydrogen-bond acceptors (Lipinski definition) is 1. The van der Waals surface area contributed by atoms with Crippen LogP contribution in [0.4, 0.5) is 0 Å². The molecule has 0 saturated carbocycles. The van der Waals surface area contributed by atoms with Crippen molar-refractivity contribution in [1.29, 1.82) is 0 Å². The Morgan fingerprint density at radius 1 is 0.944 bits per heavy atom. The summed E-state index contributed by atoms with van der Waals surface area (Å²) in [6.45, 7) is 4.20. The van der Waals surface area contributed by atoms with E-state index in [1.54, 1.807) is 0 Å². The Hall–Kier alpha value is -2.09. The van der Waals surface area contributed by atoms with Gasteiger partial charge in [-0.15, -0.1) is 0 Å². The fourth-order valence-corrected chi connectivity index (χ4v) is 1.79. The first-order valence-corrected chi connectivity index (χ1v) is 6.05. The maximum Gasteiger partial charge on any atom is 0.217 e. The molecule has 0 heterocycles. The number of rotatable bonds is 3. The van der Waals surface area contributed by atoms with E-state index in [1.165, 1.54) is 23.6 Å². The van der Waals surface area contributed by atoms with Crippen LogP contribution in [-0.4, -0.2) is 5.91 Å². The summed E-state index contributed by atoms with van der Waals surface area (Å²) in [6, 6.07) is 16.7. The molecule has 2 rings (SSSR count). The number of carbonyl (C=O) groups is 1. The molecule has 0 unspecified atom stereocenters. The first kappa shape index (κ1) is 12.4. The van der Waals surface area contributed by atoms with Gasteiger partial charge in [-0.3, -0.25) is 4.79 Å². The maximum absolute atomic E-state index is 10.8. The zero-order valence-electron chi connectivity index (χ0n) is 10.7. The van der Waals surface area contributed by atoms with E-state index in [1.807, 2.05) is 12.1 Å². The lowest BCUT2D eigenvalue weighted by molar-refractivity contribution is -0.119. The van der Waals surface area contributed by atoms with Crippen LogP contribution in [0.5, 0.6) is 0 Å². The summed E-state index contributed by atoms with van der Waals surface area (Å²) in [5.41, 5.74) is 4.79. The summed E-state index contributed by atoms with van der Waals surface area (Å²) in [6.07, 6.45) is 0. The van der Waals surface area contributed by atoms with Crippen LogP contribution in [0.2, 0.25) is 0 Å². The van der Waals surface area contributed by atoms with E-state index in [4.69, 9.17) is 0 Å². The van der Waals surface area contributed by atoms with Crippen LogP contribution in [0.25, 0.3) is 11.1 Å². The molecule has 0 aliphatic heterocycles. The van der Waals surface area contributed by atoms with Crippen molar-refractivity contribution in [2.24, 2.45) is 0 Å². The molecule has 0 saturated heterocycles. The van der Waals surface area contributed by atoms with Gasteiger partial charge in [-0.05, 0) is 23.6 Å². The number of carbonyl (C=O) groups excluding carboxylic acids is 1. The standard InChI is InChI=1S/C16H17NO/c1-12-3-7-15(8-4-12)16-9-5-14(6-10-16)11-17-13(2)18/h3-10H,11H2,1-2H3,(H,17,18). The maximum atomic E-state index is 10.8. The summed E-state index contributed by atoms with van der Waals surface area (Å²) in [7, 11) is 0.